The van der Waals surface area contributed by atoms with E-state index in [2.05, 4.69) is 130 Å². The highest BCUT2D eigenvalue weighted by molar-refractivity contribution is 5.98. The zero-order valence-electron chi connectivity index (χ0n) is 56.3. The average Bonchev–Trinajstić information content (AvgIpc) is 1.63. The SMILES string of the molecule is C.C.CCCN1CCCC(n2cc(-c3nc(N)ncc3F)c3cc(C#CC(C)(C)O)ncc32)C1.CCCN1CCCC(n2cc(-c3nc(N)ncc3F)c3cc(C#CC(C)(C)O)ncc32)C1.CCCN1CCCC(n2cc(-c3nc(N)ncc3F)c3cc(C#CC(C)(C)O)ncc32)C1. The second kappa shape index (κ2) is 32.1. The van der Waals surface area contributed by atoms with Crippen LogP contribution in [0.4, 0.5) is 31.0 Å². The van der Waals surface area contributed by atoms with Crippen LogP contribution in [0.3, 0.4) is 0 Å². The summed E-state index contributed by atoms with van der Waals surface area (Å²) in [4.78, 5) is 44.7. The zero-order chi connectivity index (χ0) is 68.6. The van der Waals surface area contributed by atoms with E-state index in [9.17, 15) is 28.5 Å². The van der Waals surface area contributed by atoms with Crippen LogP contribution in [0.25, 0.3) is 66.5 Å². The van der Waals surface area contributed by atoms with E-state index in [-0.39, 0.29) is 67.9 Å². The first-order chi connectivity index (χ1) is 45.7. The summed E-state index contributed by atoms with van der Waals surface area (Å²) in [5.41, 5.74) is 20.5. The molecule has 0 saturated carbocycles. The van der Waals surface area contributed by atoms with E-state index in [0.717, 1.165) is 168 Å². The van der Waals surface area contributed by atoms with Gasteiger partial charge in [-0.15, -0.1) is 0 Å². The third-order valence-corrected chi connectivity index (χ3v) is 16.9. The molecular weight excluding hydrogens is 1250 g/mol. The van der Waals surface area contributed by atoms with Crippen molar-refractivity contribution in [3.63, 3.8) is 0 Å². The Morgan fingerprint density at radius 1 is 0.439 bits per heavy atom. The second-order valence-electron chi connectivity index (χ2n) is 26.6. The van der Waals surface area contributed by atoms with Crippen molar-refractivity contribution >= 4 is 50.6 Å². The number of halogens is 3. The zero-order valence-corrected chi connectivity index (χ0v) is 56.3. The van der Waals surface area contributed by atoms with Crippen LogP contribution in [-0.2, 0) is 0 Å². The second-order valence-corrected chi connectivity index (χ2v) is 26.6. The summed E-state index contributed by atoms with van der Waals surface area (Å²) in [5, 5.41) is 32.2. The lowest BCUT2D eigenvalue weighted by Gasteiger charge is -2.33. The van der Waals surface area contributed by atoms with E-state index in [4.69, 9.17) is 17.2 Å². The molecular formula is C74H95F3N18O3. The smallest absolute Gasteiger partial charge is 0.220 e. The van der Waals surface area contributed by atoms with Gasteiger partial charge in [0.05, 0.1) is 53.7 Å². The van der Waals surface area contributed by atoms with E-state index in [0.29, 0.717) is 33.8 Å². The third kappa shape index (κ3) is 18.6. The summed E-state index contributed by atoms with van der Waals surface area (Å²) in [6, 6.07) is 6.23. The molecule has 0 aliphatic carbocycles. The highest BCUT2D eigenvalue weighted by Gasteiger charge is 2.29. The third-order valence-electron chi connectivity index (χ3n) is 16.9. The molecule has 98 heavy (non-hydrogen) atoms. The number of nitrogens with zero attached hydrogens (tertiary/aromatic N) is 15. The van der Waals surface area contributed by atoms with Gasteiger partial charge in [-0.25, -0.2) is 58.0 Å². The number of likely N-dealkylation sites (tertiary alicyclic amines) is 3. The predicted octanol–water partition coefficient (Wildman–Crippen LogP) is 11.4. The summed E-state index contributed by atoms with van der Waals surface area (Å²) in [5.74, 6) is 15.6. The number of aliphatic hydroxyl groups is 3. The van der Waals surface area contributed by atoms with Crippen molar-refractivity contribution in [1.82, 2.24) is 73.3 Å². The topological polar surface area (TPSA) is 279 Å². The number of aromatic nitrogens is 12. The van der Waals surface area contributed by atoms with Gasteiger partial charge in [0.15, 0.2) is 17.5 Å². The van der Waals surface area contributed by atoms with Gasteiger partial charge in [-0.05, 0) is 175 Å². The highest BCUT2D eigenvalue weighted by Crippen LogP contribution is 2.39. The summed E-state index contributed by atoms with van der Waals surface area (Å²) in [7, 11) is 0. The number of anilines is 3. The van der Waals surface area contributed by atoms with Crippen molar-refractivity contribution in [1.29, 1.82) is 0 Å². The predicted molar refractivity (Wildman–Crippen MR) is 383 cm³/mol. The summed E-state index contributed by atoms with van der Waals surface area (Å²) in [6.45, 7) is 25.6. The van der Waals surface area contributed by atoms with Gasteiger partial charge in [0.2, 0.25) is 17.8 Å². The van der Waals surface area contributed by atoms with Crippen molar-refractivity contribution in [2.45, 2.75) is 170 Å². The average molecular weight is 1340 g/mol. The molecule has 3 fully saturated rings. The van der Waals surface area contributed by atoms with Gasteiger partial charge in [-0.3, -0.25) is 0 Å². The minimum absolute atomic E-state index is 0. The van der Waals surface area contributed by atoms with E-state index in [1.54, 1.807) is 60.1 Å². The molecule has 21 nitrogen and oxygen atoms in total. The van der Waals surface area contributed by atoms with E-state index in [1.807, 2.05) is 36.8 Å². The van der Waals surface area contributed by atoms with Gasteiger partial charge >= 0.3 is 0 Å². The molecule has 9 aromatic rings. The van der Waals surface area contributed by atoms with Crippen molar-refractivity contribution in [2.24, 2.45) is 0 Å². The lowest BCUT2D eigenvalue weighted by Crippen LogP contribution is -2.36. The Balaban J connectivity index is 0.000000186. The quantitative estimate of drug-likeness (QED) is 0.0620. The maximum absolute atomic E-state index is 14.7. The Labute approximate surface area is 573 Å². The van der Waals surface area contributed by atoms with Crippen LogP contribution in [0.2, 0.25) is 0 Å². The van der Waals surface area contributed by atoms with Crippen LogP contribution in [0.5, 0.6) is 0 Å². The minimum Gasteiger partial charge on any atom is -0.378 e. The fraction of sp³-hybridized carbons (Fsp3) is 0.473. The Hall–Kier alpha value is -9.06. The summed E-state index contributed by atoms with van der Waals surface area (Å²) >= 11 is 0. The number of nitrogens with two attached hydrogens (primary N) is 3. The van der Waals surface area contributed by atoms with E-state index < -0.39 is 34.3 Å². The molecule has 9 aromatic heterocycles. The minimum atomic E-state index is -1.14. The molecule has 0 amide bonds. The monoisotopic (exact) mass is 1340 g/mol. The molecule has 0 aromatic carbocycles. The van der Waals surface area contributed by atoms with Gasteiger partial charge in [-0.2, -0.15) is 0 Å². The number of hydrogen-bond acceptors (Lipinski definition) is 18. The van der Waals surface area contributed by atoms with Gasteiger partial charge in [0.25, 0.3) is 0 Å². The van der Waals surface area contributed by atoms with E-state index >= 15 is 0 Å². The van der Waals surface area contributed by atoms with Crippen molar-refractivity contribution in [3.05, 3.63) is 109 Å². The Morgan fingerprint density at radius 2 is 0.704 bits per heavy atom. The van der Waals surface area contributed by atoms with Gasteiger partial charge < -0.3 is 60.9 Å². The number of pyridine rings is 3. The van der Waals surface area contributed by atoms with Crippen LogP contribution in [0, 0.1) is 53.0 Å². The Morgan fingerprint density at radius 3 is 0.949 bits per heavy atom. The number of nitrogen functional groups attached to an aromatic ring is 3. The Bertz CT molecular complexity index is 4000. The summed E-state index contributed by atoms with van der Waals surface area (Å²) < 4.78 is 50.7. The molecule has 520 valence electrons. The first-order valence-corrected chi connectivity index (χ1v) is 33.1. The number of hydrogen-bond donors (Lipinski definition) is 6. The van der Waals surface area contributed by atoms with Crippen molar-refractivity contribution < 1.29 is 28.5 Å². The van der Waals surface area contributed by atoms with Crippen LogP contribution in [0.1, 0.15) is 170 Å². The number of fused-ring (bicyclic) bond motifs is 3. The van der Waals surface area contributed by atoms with Gasteiger partial charge in [0.1, 0.15) is 51.0 Å². The largest absolute Gasteiger partial charge is 0.378 e. The van der Waals surface area contributed by atoms with Crippen molar-refractivity contribution in [2.75, 3.05) is 76.1 Å². The van der Waals surface area contributed by atoms with Crippen LogP contribution in [-0.4, -0.2) is 164 Å². The molecule has 3 aliphatic heterocycles. The molecule has 24 heteroatoms. The number of rotatable bonds is 12. The number of piperidine rings is 3. The maximum Gasteiger partial charge on any atom is 0.220 e. The highest BCUT2D eigenvalue weighted by atomic mass is 19.1. The van der Waals surface area contributed by atoms with E-state index in [1.165, 1.54) is 0 Å². The molecule has 3 atom stereocenters. The first-order valence-electron chi connectivity index (χ1n) is 33.1. The van der Waals surface area contributed by atoms with Gasteiger partial charge in [-0.1, -0.05) is 53.4 Å². The molecule has 0 bridgehead atoms. The fourth-order valence-corrected chi connectivity index (χ4v) is 12.8. The summed E-state index contributed by atoms with van der Waals surface area (Å²) in [6.07, 6.45) is 24.2. The molecule has 3 aliphatic rings. The molecule has 12 rings (SSSR count). The molecule has 0 spiro atoms. The normalized spacial score (nSPS) is 17.0. The molecule has 0 radical (unpaired) electrons. The standard InChI is InChI=1S/3C24H29FN6O.2CH4/c3*1-4-9-30-10-5-6-17(14-30)31-15-19(22-20(25)12-28-23(26)29-22)18-11-16(27-13-21(18)31)7-8-24(2,3)32;;/h3*11-13,15,17,32H,4-6,9-10,14H2,1-3H3,(H2,26,28,29);2*1H4. The fourth-order valence-electron chi connectivity index (χ4n) is 12.8. The van der Waals surface area contributed by atoms with Crippen LogP contribution in [0.15, 0.2) is 74.0 Å². The van der Waals surface area contributed by atoms with Crippen molar-refractivity contribution in [3.8, 4) is 69.3 Å². The molecule has 3 unspecified atom stereocenters. The molecule has 12 heterocycles. The molecule has 3 saturated heterocycles. The molecule has 9 N–H and O–H groups in total. The van der Waals surface area contributed by atoms with Gasteiger partial charge in [0, 0.05) is 89.2 Å². The van der Waals surface area contributed by atoms with Crippen LogP contribution >= 0.6 is 0 Å². The maximum atomic E-state index is 14.7. The first kappa shape index (κ1) is 74.7. The lowest BCUT2D eigenvalue weighted by atomic mass is 10.1. The Kier molecular flexibility index (Phi) is 24.5. The lowest BCUT2D eigenvalue weighted by molar-refractivity contribution is 0.143. The van der Waals surface area contributed by atoms with Crippen LogP contribution < -0.4 is 17.2 Å².